The van der Waals surface area contributed by atoms with Crippen LogP contribution in [0, 0.1) is 5.95 Å². The smallest absolute Gasteiger partial charge is 0.416 e. The lowest BCUT2D eigenvalue weighted by Crippen LogP contribution is -2.19. The molecule has 1 unspecified atom stereocenters. The third-order valence-electron chi connectivity index (χ3n) is 5.93. The molecule has 11 heteroatoms. The van der Waals surface area contributed by atoms with Crippen molar-refractivity contribution in [3.8, 4) is 5.75 Å². The van der Waals surface area contributed by atoms with E-state index in [0.29, 0.717) is 42.7 Å². The average Bonchev–Trinajstić information content (AvgIpc) is 2.82. The van der Waals surface area contributed by atoms with Gasteiger partial charge in [-0.05, 0) is 60.7 Å². The number of hydrogen-bond acceptors (Lipinski definition) is 5. The monoisotopic (exact) mass is 524 g/mol. The number of anilines is 1. The minimum atomic E-state index is -4.46. The van der Waals surface area contributed by atoms with E-state index in [4.69, 9.17) is 9.47 Å². The van der Waals surface area contributed by atoms with Crippen molar-refractivity contribution >= 4 is 15.8 Å². The van der Waals surface area contributed by atoms with Gasteiger partial charge in [-0.15, -0.1) is 0 Å². The van der Waals surface area contributed by atoms with Gasteiger partial charge in [0.25, 0.3) is 10.0 Å². The van der Waals surface area contributed by atoms with E-state index in [1.807, 2.05) is 0 Å². The van der Waals surface area contributed by atoms with E-state index in [1.165, 1.54) is 43.5 Å². The Balaban J connectivity index is 1.67. The Labute approximate surface area is 206 Å². The van der Waals surface area contributed by atoms with E-state index >= 15 is 0 Å². The lowest BCUT2D eigenvalue weighted by Gasteiger charge is -2.29. The van der Waals surface area contributed by atoms with Crippen LogP contribution in [0.1, 0.15) is 41.0 Å². The SMILES string of the molecule is COCCCc1cc(C(F)(F)F)ccc1C1CCOc2cc(S(=O)(=O)Nc3cccc(F)n3)ccc21. The average molecular weight is 525 g/mol. The number of hydrogen-bond donors (Lipinski definition) is 1. The van der Waals surface area contributed by atoms with Crippen LogP contribution in [-0.4, -0.2) is 33.7 Å². The molecule has 3 aromatic rings. The Morgan fingerprint density at radius 3 is 2.61 bits per heavy atom. The van der Waals surface area contributed by atoms with E-state index in [-0.39, 0.29) is 23.2 Å². The van der Waals surface area contributed by atoms with E-state index in [1.54, 1.807) is 6.07 Å². The van der Waals surface area contributed by atoms with Crippen molar-refractivity contribution in [2.75, 3.05) is 25.0 Å². The molecule has 2 heterocycles. The molecule has 0 saturated carbocycles. The van der Waals surface area contributed by atoms with Crippen LogP contribution in [0.25, 0.3) is 0 Å². The Bertz CT molecular complexity index is 1350. The fourth-order valence-electron chi connectivity index (χ4n) is 4.27. The first-order chi connectivity index (χ1) is 17.1. The van der Waals surface area contributed by atoms with Gasteiger partial charge in [0, 0.05) is 31.3 Å². The number of fused-ring (bicyclic) bond motifs is 1. The highest BCUT2D eigenvalue weighted by Gasteiger charge is 2.33. The number of pyridine rings is 1. The highest BCUT2D eigenvalue weighted by Crippen LogP contribution is 2.42. The molecule has 1 aliphatic rings. The van der Waals surface area contributed by atoms with Crippen LogP contribution in [0.2, 0.25) is 0 Å². The van der Waals surface area contributed by atoms with Gasteiger partial charge in [0.1, 0.15) is 11.6 Å². The summed E-state index contributed by atoms with van der Waals surface area (Å²) in [6, 6.07) is 11.8. The number of aromatic nitrogens is 1. The van der Waals surface area contributed by atoms with Gasteiger partial charge in [0.2, 0.25) is 5.95 Å². The summed E-state index contributed by atoms with van der Waals surface area (Å²) < 4.78 is 92.2. The van der Waals surface area contributed by atoms with E-state index in [9.17, 15) is 26.0 Å². The molecule has 1 N–H and O–H groups in total. The molecule has 0 fully saturated rings. The Kier molecular flexibility index (Phi) is 7.51. The topological polar surface area (TPSA) is 77.5 Å². The highest BCUT2D eigenvalue weighted by molar-refractivity contribution is 7.92. The summed E-state index contributed by atoms with van der Waals surface area (Å²) in [5.74, 6) is -0.950. The fraction of sp³-hybridized carbons (Fsp3) is 0.320. The van der Waals surface area contributed by atoms with Crippen molar-refractivity contribution in [2.24, 2.45) is 0 Å². The Hall–Kier alpha value is -3.18. The molecule has 1 aromatic heterocycles. The minimum absolute atomic E-state index is 0.110. The zero-order chi connectivity index (χ0) is 25.9. The zero-order valence-electron chi connectivity index (χ0n) is 19.3. The molecule has 0 saturated heterocycles. The van der Waals surface area contributed by atoms with Crippen LogP contribution in [0.3, 0.4) is 0 Å². The largest absolute Gasteiger partial charge is 0.493 e. The van der Waals surface area contributed by atoms with Crippen LogP contribution in [-0.2, 0) is 27.4 Å². The standard InChI is InChI=1S/C25H24F4N2O4S/c1-34-12-3-4-16-14-17(25(27,28)29)7-9-19(16)20-11-13-35-22-15-18(8-10-21(20)22)36(32,33)31-24-6-2-5-23(26)30-24/h2,5-10,14-15,20H,3-4,11-13H2,1H3,(H,30,31). The number of methoxy groups -OCH3 is 1. The number of rotatable bonds is 8. The number of aryl methyl sites for hydroxylation is 1. The molecule has 6 nitrogen and oxygen atoms in total. The van der Waals surface area contributed by atoms with Gasteiger partial charge in [-0.3, -0.25) is 4.72 Å². The number of halogens is 4. The summed E-state index contributed by atoms with van der Waals surface area (Å²) in [7, 11) is -2.55. The van der Waals surface area contributed by atoms with Crippen LogP contribution in [0.4, 0.5) is 23.4 Å². The van der Waals surface area contributed by atoms with Crippen LogP contribution >= 0.6 is 0 Å². The number of sulfonamides is 1. The zero-order valence-corrected chi connectivity index (χ0v) is 20.1. The number of nitrogens with zero attached hydrogens (tertiary/aromatic N) is 1. The first-order valence-corrected chi connectivity index (χ1v) is 12.7. The molecular weight excluding hydrogens is 500 g/mol. The molecule has 1 aliphatic heterocycles. The normalized spacial score (nSPS) is 15.8. The second-order valence-electron chi connectivity index (χ2n) is 8.35. The maximum absolute atomic E-state index is 13.4. The summed E-state index contributed by atoms with van der Waals surface area (Å²) in [6.45, 7) is 0.674. The molecular formula is C25H24F4N2O4S. The molecule has 192 valence electrons. The Morgan fingerprint density at radius 1 is 1.11 bits per heavy atom. The summed E-state index contributed by atoms with van der Waals surface area (Å²) in [4.78, 5) is 3.40. The van der Waals surface area contributed by atoms with Crippen molar-refractivity contribution in [3.63, 3.8) is 0 Å². The molecule has 0 amide bonds. The fourth-order valence-corrected chi connectivity index (χ4v) is 5.28. The Morgan fingerprint density at radius 2 is 1.89 bits per heavy atom. The van der Waals surface area contributed by atoms with Crippen molar-refractivity contribution in [3.05, 3.63) is 82.8 Å². The lowest BCUT2D eigenvalue weighted by atomic mass is 9.82. The molecule has 36 heavy (non-hydrogen) atoms. The summed E-state index contributed by atoms with van der Waals surface area (Å²) in [5, 5.41) is 0. The van der Waals surface area contributed by atoms with Gasteiger partial charge < -0.3 is 9.47 Å². The van der Waals surface area contributed by atoms with Gasteiger partial charge in [-0.25, -0.2) is 13.4 Å². The van der Waals surface area contributed by atoms with Gasteiger partial charge in [0.15, 0.2) is 0 Å². The van der Waals surface area contributed by atoms with Gasteiger partial charge in [-0.2, -0.15) is 17.6 Å². The third kappa shape index (κ3) is 5.79. The second kappa shape index (κ2) is 10.4. The quantitative estimate of drug-likeness (QED) is 0.238. The van der Waals surface area contributed by atoms with Crippen LogP contribution in [0.15, 0.2) is 59.5 Å². The number of ether oxygens (including phenoxy) is 2. The third-order valence-corrected chi connectivity index (χ3v) is 7.28. The first kappa shape index (κ1) is 25.9. The molecule has 4 rings (SSSR count). The summed E-state index contributed by atoms with van der Waals surface area (Å²) >= 11 is 0. The van der Waals surface area contributed by atoms with Gasteiger partial charge in [-0.1, -0.05) is 18.2 Å². The predicted octanol–water partition coefficient (Wildman–Crippen LogP) is 5.53. The molecule has 0 radical (unpaired) electrons. The maximum Gasteiger partial charge on any atom is 0.416 e. The van der Waals surface area contributed by atoms with Crippen molar-refractivity contribution in [1.29, 1.82) is 0 Å². The first-order valence-electron chi connectivity index (χ1n) is 11.2. The highest BCUT2D eigenvalue weighted by atomic mass is 32.2. The lowest BCUT2D eigenvalue weighted by molar-refractivity contribution is -0.137. The predicted molar refractivity (Wildman–Crippen MR) is 125 cm³/mol. The van der Waals surface area contributed by atoms with Crippen LogP contribution in [0.5, 0.6) is 5.75 Å². The molecule has 0 bridgehead atoms. The van der Waals surface area contributed by atoms with E-state index in [2.05, 4.69) is 9.71 Å². The summed E-state index contributed by atoms with van der Waals surface area (Å²) in [5.41, 5.74) is 1.26. The van der Waals surface area contributed by atoms with E-state index in [0.717, 1.165) is 17.7 Å². The van der Waals surface area contributed by atoms with E-state index < -0.39 is 27.7 Å². The second-order valence-corrected chi connectivity index (χ2v) is 10.0. The molecule has 0 aliphatic carbocycles. The van der Waals surface area contributed by atoms with Gasteiger partial charge in [0.05, 0.1) is 17.1 Å². The molecule has 2 aromatic carbocycles. The van der Waals surface area contributed by atoms with Gasteiger partial charge >= 0.3 is 6.18 Å². The number of nitrogens with one attached hydrogen (secondary N) is 1. The minimum Gasteiger partial charge on any atom is -0.493 e. The molecule has 1 atom stereocenters. The number of alkyl halides is 3. The van der Waals surface area contributed by atoms with Crippen LogP contribution < -0.4 is 9.46 Å². The van der Waals surface area contributed by atoms with Crippen molar-refractivity contribution in [2.45, 2.75) is 36.3 Å². The van der Waals surface area contributed by atoms with Crippen molar-refractivity contribution < 1.29 is 35.5 Å². The van der Waals surface area contributed by atoms with Crippen molar-refractivity contribution in [1.82, 2.24) is 4.98 Å². The number of benzene rings is 2. The maximum atomic E-state index is 13.4. The molecule has 0 spiro atoms. The summed E-state index contributed by atoms with van der Waals surface area (Å²) in [6.07, 6.45) is -2.99.